The van der Waals surface area contributed by atoms with Gasteiger partial charge in [-0.05, 0) is 25.5 Å². The highest BCUT2D eigenvalue weighted by molar-refractivity contribution is 6.02. The van der Waals surface area contributed by atoms with Gasteiger partial charge in [-0.3, -0.25) is 14.4 Å². The van der Waals surface area contributed by atoms with Gasteiger partial charge in [-0.25, -0.2) is 0 Å². The molecule has 0 saturated heterocycles. The summed E-state index contributed by atoms with van der Waals surface area (Å²) >= 11 is 0. The zero-order valence-corrected chi connectivity index (χ0v) is 15.8. The second-order valence-electron chi connectivity index (χ2n) is 5.63. The van der Waals surface area contributed by atoms with Gasteiger partial charge in [-0.1, -0.05) is 6.92 Å². The Hall–Kier alpha value is -2.57. The van der Waals surface area contributed by atoms with Crippen molar-refractivity contribution in [2.75, 3.05) is 20.8 Å². The molecule has 0 aromatic heterocycles. The number of carbonyl (C=O) groups is 3. The molecule has 1 amide bonds. The van der Waals surface area contributed by atoms with E-state index in [4.69, 9.17) is 14.2 Å². The van der Waals surface area contributed by atoms with E-state index >= 15 is 0 Å². The molecule has 0 bridgehead atoms. The monoisotopic (exact) mass is 365 g/mol. The molecule has 0 radical (unpaired) electrons. The molecule has 7 heteroatoms. The van der Waals surface area contributed by atoms with Crippen LogP contribution < -0.4 is 14.8 Å². The molecule has 1 aromatic carbocycles. The molecule has 0 spiro atoms. The fourth-order valence-electron chi connectivity index (χ4n) is 2.50. The zero-order valence-electron chi connectivity index (χ0n) is 15.8. The van der Waals surface area contributed by atoms with Gasteiger partial charge in [0.25, 0.3) is 0 Å². The number of amides is 1. The Balaban J connectivity index is 2.64. The average Bonchev–Trinajstić information content (AvgIpc) is 2.65. The number of nitrogens with one attached hydrogen (secondary N) is 1. The SMILES string of the molecule is CCOC(=O)CCC(=O)C(CC)C(=O)NCc1ccc(OC)cc1OC. The molecule has 1 aromatic rings. The van der Waals surface area contributed by atoms with Gasteiger partial charge >= 0.3 is 5.97 Å². The van der Waals surface area contributed by atoms with Gasteiger partial charge in [0.05, 0.1) is 33.2 Å². The van der Waals surface area contributed by atoms with Gasteiger partial charge in [-0.2, -0.15) is 0 Å². The first kappa shape index (κ1) is 21.5. The van der Waals surface area contributed by atoms with Gasteiger partial charge in [0.15, 0.2) is 0 Å². The van der Waals surface area contributed by atoms with Gasteiger partial charge in [0.1, 0.15) is 17.3 Å². The summed E-state index contributed by atoms with van der Waals surface area (Å²) in [6.07, 6.45) is 0.354. The fraction of sp³-hybridized carbons (Fsp3) is 0.526. The van der Waals surface area contributed by atoms with E-state index < -0.39 is 11.9 Å². The number of hydrogen-bond donors (Lipinski definition) is 1. The van der Waals surface area contributed by atoms with Gasteiger partial charge < -0.3 is 19.5 Å². The van der Waals surface area contributed by atoms with E-state index in [9.17, 15) is 14.4 Å². The minimum absolute atomic E-state index is 0.00336. The van der Waals surface area contributed by atoms with Crippen LogP contribution in [0.3, 0.4) is 0 Å². The normalized spacial score (nSPS) is 11.4. The molecule has 26 heavy (non-hydrogen) atoms. The summed E-state index contributed by atoms with van der Waals surface area (Å²) in [4.78, 5) is 36.0. The number of methoxy groups -OCH3 is 2. The van der Waals surface area contributed by atoms with Crippen LogP contribution in [-0.2, 0) is 25.7 Å². The maximum absolute atomic E-state index is 12.4. The summed E-state index contributed by atoms with van der Waals surface area (Å²) < 4.78 is 15.2. The Kier molecular flexibility index (Phi) is 9.19. The molecule has 0 aliphatic carbocycles. The van der Waals surface area contributed by atoms with Crippen molar-refractivity contribution in [1.29, 1.82) is 0 Å². The third kappa shape index (κ3) is 6.38. The smallest absolute Gasteiger partial charge is 0.306 e. The number of Topliss-reactive ketones (excluding diaryl/α,β-unsaturated/α-hetero) is 1. The molecular weight excluding hydrogens is 338 g/mol. The number of ketones is 1. The number of ether oxygens (including phenoxy) is 3. The first-order valence-corrected chi connectivity index (χ1v) is 8.63. The van der Waals surface area contributed by atoms with Crippen molar-refractivity contribution in [3.05, 3.63) is 23.8 Å². The topological polar surface area (TPSA) is 90.9 Å². The van der Waals surface area contributed by atoms with Crippen LogP contribution in [0.5, 0.6) is 11.5 Å². The molecule has 144 valence electrons. The van der Waals surface area contributed by atoms with E-state index in [1.54, 1.807) is 39.2 Å². The second kappa shape index (κ2) is 11.1. The first-order valence-electron chi connectivity index (χ1n) is 8.63. The third-order valence-electron chi connectivity index (χ3n) is 3.94. The Morgan fingerprint density at radius 2 is 1.81 bits per heavy atom. The van der Waals surface area contributed by atoms with E-state index in [0.717, 1.165) is 5.56 Å². The summed E-state index contributed by atoms with van der Waals surface area (Å²) in [6.45, 7) is 3.97. The van der Waals surface area contributed by atoms with Crippen molar-refractivity contribution in [2.24, 2.45) is 5.92 Å². The molecule has 1 rings (SSSR count). The summed E-state index contributed by atoms with van der Waals surface area (Å²) in [6, 6.07) is 5.29. The minimum Gasteiger partial charge on any atom is -0.497 e. The standard InChI is InChI=1S/C19H27NO6/c1-5-15(16(21)9-10-18(22)26-6-2)19(23)20-12-13-7-8-14(24-3)11-17(13)25-4/h7-8,11,15H,5-6,9-10,12H2,1-4H3,(H,20,23). The number of hydrogen-bond acceptors (Lipinski definition) is 6. The summed E-state index contributed by atoms with van der Waals surface area (Å²) in [5.41, 5.74) is 0.774. The number of esters is 1. The molecule has 7 nitrogen and oxygen atoms in total. The molecule has 0 aliphatic heterocycles. The molecule has 1 atom stereocenters. The van der Waals surface area contributed by atoms with Crippen LogP contribution in [0.25, 0.3) is 0 Å². The molecular formula is C19H27NO6. The summed E-state index contributed by atoms with van der Waals surface area (Å²) in [7, 11) is 3.10. The first-order chi connectivity index (χ1) is 12.5. The van der Waals surface area contributed by atoms with Crippen LogP contribution in [0, 0.1) is 5.92 Å². The van der Waals surface area contributed by atoms with Crippen molar-refractivity contribution in [3.8, 4) is 11.5 Å². The van der Waals surface area contributed by atoms with E-state index in [1.165, 1.54) is 7.11 Å². The third-order valence-corrected chi connectivity index (χ3v) is 3.94. The Bertz CT molecular complexity index is 628. The molecule has 0 heterocycles. The van der Waals surface area contributed by atoms with Gasteiger partial charge in [0.2, 0.25) is 5.91 Å². The Morgan fingerprint density at radius 1 is 1.08 bits per heavy atom. The highest BCUT2D eigenvalue weighted by Crippen LogP contribution is 2.24. The minimum atomic E-state index is -0.784. The van der Waals surface area contributed by atoms with Gasteiger partial charge in [-0.15, -0.1) is 0 Å². The van der Waals surface area contributed by atoms with Crippen LogP contribution in [0.2, 0.25) is 0 Å². The number of carbonyl (C=O) groups excluding carboxylic acids is 3. The van der Waals surface area contributed by atoms with Crippen LogP contribution in [0.15, 0.2) is 18.2 Å². The van der Waals surface area contributed by atoms with Crippen LogP contribution in [-0.4, -0.2) is 38.5 Å². The van der Waals surface area contributed by atoms with Crippen molar-refractivity contribution in [2.45, 2.75) is 39.7 Å². The summed E-state index contributed by atoms with van der Waals surface area (Å²) in [5, 5.41) is 2.76. The lowest BCUT2D eigenvalue weighted by molar-refractivity contribution is -0.145. The average molecular weight is 365 g/mol. The quantitative estimate of drug-likeness (QED) is 0.478. The van der Waals surface area contributed by atoms with E-state index in [-0.39, 0.29) is 37.7 Å². The lowest BCUT2D eigenvalue weighted by Crippen LogP contribution is -2.35. The fourth-order valence-corrected chi connectivity index (χ4v) is 2.50. The molecule has 1 N–H and O–H groups in total. The second-order valence-corrected chi connectivity index (χ2v) is 5.63. The largest absolute Gasteiger partial charge is 0.497 e. The van der Waals surface area contributed by atoms with Gasteiger partial charge in [0, 0.05) is 24.6 Å². The highest BCUT2D eigenvalue weighted by Gasteiger charge is 2.25. The van der Waals surface area contributed by atoms with Crippen molar-refractivity contribution < 1.29 is 28.6 Å². The maximum atomic E-state index is 12.4. The zero-order chi connectivity index (χ0) is 19.5. The molecule has 0 saturated carbocycles. The number of rotatable bonds is 11. The van der Waals surface area contributed by atoms with E-state index in [2.05, 4.69) is 5.32 Å². The summed E-state index contributed by atoms with van der Waals surface area (Å²) in [5.74, 6) is -0.601. The molecule has 1 unspecified atom stereocenters. The van der Waals surface area contributed by atoms with E-state index in [0.29, 0.717) is 17.9 Å². The van der Waals surface area contributed by atoms with Crippen molar-refractivity contribution >= 4 is 17.7 Å². The van der Waals surface area contributed by atoms with Crippen LogP contribution >= 0.6 is 0 Å². The van der Waals surface area contributed by atoms with Crippen molar-refractivity contribution in [1.82, 2.24) is 5.32 Å². The lowest BCUT2D eigenvalue weighted by Gasteiger charge is -2.15. The molecule has 0 fully saturated rings. The highest BCUT2D eigenvalue weighted by atomic mass is 16.5. The molecule has 0 aliphatic rings. The predicted octanol–water partition coefficient (Wildman–Crippen LogP) is 2.26. The van der Waals surface area contributed by atoms with Crippen LogP contribution in [0.1, 0.15) is 38.7 Å². The Morgan fingerprint density at radius 3 is 2.38 bits per heavy atom. The predicted molar refractivity (Wildman–Crippen MR) is 96.0 cm³/mol. The Labute approximate surface area is 154 Å². The lowest BCUT2D eigenvalue weighted by atomic mass is 9.96. The number of benzene rings is 1. The maximum Gasteiger partial charge on any atom is 0.306 e. The van der Waals surface area contributed by atoms with Crippen LogP contribution in [0.4, 0.5) is 0 Å². The van der Waals surface area contributed by atoms with Crippen molar-refractivity contribution in [3.63, 3.8) is 0 Å². The van der Waals surface area contributed by atoms with E-state index in [1.807, 2.05) is 0 Å².